The number of benzene rings is 1. The molecule has 0 bridgehead atoms. The Morgan fingerprint density at radius 2 is 1.97 bits per heavy atom. The van der Waals surface area contributed by atoms with Crippen molar-refractivity contribution in [2.45, 2.75) is 19.9 Å². The van der Waals surface area contributed by atoms with E-state index in [0.29, 0.717) is 28.8 Å². The van der Waals surface area contributed by atoms with Crippen molar-refractivity contribution in [1.82, 2.24) is 14.8 Å². The van der Waals surface area contributed by atoms with Crippen molar-refractivity contribution in [2.75, 3.05) is 10.6 Å². The number of para-hydroxylation sites is 1. The van der Waals surface area contributed by atoms with Crippen LogP contribution >= 0.6 is 11.3 Å². The molecule has 4 aromatic rings. The van der Waals surface area contributed by atoms with Gasteiger partial charge in [-0.15, -0.1) is 16.4 Å². The molecule has 2 N–H and O–H groups in total. The van der Waals surface area contributed by atoms with Crippen LogP contribution in [0.4, 0.5) is 11.6 Å². The number of aromatic nitrogens is 3. The fraction of sp³-hybridized carbons (Fsp3) is 0.136. The van der Waals surface area contributed by atoms with E-state index in [2.05, 4.69) is 15.6 Å². The Kier molecular flexibility index (Phi) is 4.48. The number of fused-ring (bicyclic) bond motifs is 1. The summed E-state index contributed by atoms with van der Waals surface area (Å²) >= 11 is 1.57. The molecule has 0 radical (unpaired) electrons. The smallest absolute Gasteiger partial charge is 0.256 e. The molecule has 150 valence electrons. The Morgan fingerprint density at radius 1 is 1.13 bits per heavy atom. The molecule has 0 spiro atoms. The molecular weight excluding hydrogens is 398 g/mol. The van der Waals surface area contributed by atoms with E-state index in [1.807, 2.05) is 73.8 Å². The lowest BCUT2D eigenvalue weighted by Crippen LogP contribution is -2.31. The average Bonchev–Trinajstić information content (AvgIpc) is 3.48. The second-order valence-electron chi connectivity index (χ2n) is 7.02. The Balaban J connectivity index is 1.59. The first kappa shape index (κ1) is 18.4. The zero-order chi connectivity index (χ0) is 20.7. The predicted octanol–water partition coefficient (Wildman–Crippen LogP) is 4.84. The molecule has 30 heavy (non-hydrogen) atoms. The lowest BCUT2D eigenvalue weighted by molar-refractivity contribution is -0.113. The van der Waals surface area contributed by atoms with Gasteiger partial charge in [0.1, 0.15) is 17.6 Å². The zero-order valence-electron chi connectivity index (χ0n) is 16.4. The molecule has 4 heterocycles. The molecule has 1 aliphatic heterocycles. The van der Waals surface area contributed by atoms with E-state index >= 15 is 0 Å². The van der Waals surface area contributed by atoms with Crippen LogP contribution in [-0.2, 0) is 4.79 Å². The molecule has 1 unspecified atom stereocenters. The van der Waals surface area contributed by atoms with Crippen LogP contribution in [-0.4, -0.2) is 20.7 Å². The van der Waals surface area contributed by atoms with Gasteiger partial charge in [-0.3, -0.25) is 4.79 Å². The minimum Gasteiger partial charge on any atom is -0.464 e. The maximum Gasteiger partial charge on any atom is 0.256 e. The molecule has 1 amide bonds. The summed E-state index contributed by atoms with van der Waals surface area (Å²) in [6, 6.07) is 16.5. The molecule has 3 aromatic heterocycles. The number of allylic oxidation sites excluding steroid dienone is 1. The summed E-state index contributed by atoms with van der Waals surface area (Å²) in [6.45, 7) is 3.75. The Morgan fingerprint density at radius 3 is 2.67 bits per heavy atom. The molecule has 0 fully saturated rings. The van der Waals surface area contributed by atoms with Gasteiger partial charge in [-0.25, -0.2) is 4.68 Å². The van der Waals surface area contributed by atoms with Crippen LogP contribution in [0, 0.1) is 6.92 Å². The minimum atomic E-state index is -0.528. The lowest BCUT2D eigenvalue weighted by Gasteiger charge is -2.27. The van der Waals surface area contributed by atoms with Gasteiger partial charge in [0.05, 0.1) is 10.5 Å². The van der Waals surface area contributed by atoms with Gasteiger partial charge in [0, 0.05) is 11.4 Å². The van der Waals surface area contributed by atoms with E-state index in [0.717, 1.165) is 16.3 Å². The highest BCUT2D eigenvalue weighted by molar-refractivity contribution is 7.13. The third-order valence-electron chi connectivity index (χ3n) is 4.90. The first-order valence-electron chi connectivity index (χ1n) is 9.51. The first-order chi connectivity index (χ1) is 14.6. The quantitative estimate of drug-likeness (QED) is 0.496. The Hall–Kier alpha value is -3.65. The molecule has 1 aromatic carbocycles. The number of carbonyl (C=O) groups is 1. The molecule has 0 saturated carbocycles. The number of thiophene rings is 1. The van der Waals surface area contributed by atoms with E-state index < -0.39 is 6.04 Å². The van der Waals surface area contributed by atoms with Crippen molar-refractivity contribution in [3.63, 3.8) is 0 Å². The van der Waals surface area contributed by atoms with E-state index in [9.17, 15) is 4.79 Å². The van der Waals surface area contributed by atoms with Crippen LogP contribution in [0.5, 0.6) is 0 Å². The van der Waals surface area contributed by atoms with Crippen LogP contribution in [0.15, 0.2) is 75.7 Å². The molecule has 1 aliphatic rings. The topological polar surface area (TPSA) is 85.0 Å². The molecule has 0 saturated heterocycles. The van der Waals surface area contributed by atoms with E-state index in [1.54, 1.807) is 16.0 Å². The number of carbonyl (C=O) groups excluding carboxylic acids is 1. The summed E-state index contributed by atoms with van der Waals surface area (Å²) < 4.78 is 7.65. The van der Waals surface area contributed by atoms with Gasteiger partial charge in [-0.05, 0) is 49.6 Å². The largest absolute Gasteiger partial charge is 0.464 e. The van der Waals surface area contributed by atoms with Crippen molar-refractivity contribution >= 4 is 28.9 Å². The van der Waals surface area contributed by atoms with Gasteiger partial charge in [0.15, 0.2) is 5.82 Å². The van der Waals surface area contributed by atoms with Crippen molar-refractivity contribution < 1.29 is 9.21 Å². The summed E-state index contributed by atoms with van der Waals surface area (Å²) in [4.78, 5) is 18.9. The molecule has 8 heteroatoms. The van der Waals surface area contributed by atoms with Gasteiger partial charge in [0.2, 0.25) is 5.95 Å². The average molecular weight is 417 g/mol. The second-order valence-corrected chi connectivity index (χ2v) is 7.96. The molecule has 7 nitrogen and oxygen atoms in total. The highest BCUT2D eigenvalue weighted by Gasteiger charge is 2.36. The number of nitrogens with zero attached hydrogens (tertiary/aromatic N) is 3. The molecule has 0 aliphatic carbocycles. The van der Waals surface area contributed by atoms with Gasteiger partial charge >= 0.3 is 0 Å². The highest BCUT2D eigenvalue weighted by Crippen LogP contribution is 2.37. The van der Waals surface area contributed by atoms with Crippen LogP contribution in [0.1, 0.15) is 24.5 Å². The third-order valence-corrected chi connectivity index (χ3v) is 5.77. The van der Waals surface area contributed by atoms with Gasteiger partial charge < -0.3 is 15.1 Å². The zero-order valence-corrected chi connectivity index (χ0v) is 17.2. The highest BCUT2D eigenvalue weighted by atomic mass is 32.1. The van der Waals surface area contributed by atoms with E-state index in [4.69, 9.17) is 9.52 Å². The van der Waals surface area contributed by atoms with Crippen molar-refractivity contribution in [3.8, 4) is 10.7 Å². The SMILES string of the molecule is CC1=C(C(=O)Nc2ccccc2)C(c2ccc(C)o2)n2nc(-c3cccs3)nc2N1. The number of anilines is 2. The number of nitrogens with one attached hydrogen (secondary N) is 2. The standard InChI is InChI=1S/C22H19N5O2S/c1-13-10-11-16(29-13)19-18(21(28)24-15-7-4-3-5-8-15)14(2)23-22-25-20(26-27(19)22)17-9-6-12-30-17/h3-12,19H,1-2H3,(H,24,28)(H,23,25,26). The summed E-state index contributed by atoms with van der Waals surface area (Å²) in [5.74, 6) is 2.37. The fourth-order valence-corrected chi connectivity index (χ4v) is 4.19. The first-order valence-corrected chi connectivity index (χ1v) is 10.4. The maximum atomic E-state index is 13.3. The van der Waals surface area contributed by atoms with E-state index in [-0.39, 0.29) is 5.91 Å². The van der Waals surface area contributed by atoms with Gasteiger partial charge in [-0.1, -0.05) is 24.3 Å². The van der Waals surface area contributed by atoms with Crippen LogP contribution in [0.25, 0.3) is 10.7 Å². The van der Waals surface area contributed by atoms with Crippen LogP contribution in [0.3, 0.4) is 0 Å². The number of rotatable bonds is 4. The number of furan rings is 1. The molecule has 5 rings (SSSR count). The number of aryl methyl sites for hydroxylation is 1. The van der Waals surface area contributed by atoms with Gasteiger partial charge in [-0.2, -0.15) is 4.98 Å². The van der Waals surface area contributed by atoms with Crippen LogP contribution in [0.2, 0.25) is 0 Å². The summed E-state index contributed by atoms with van der Waals surface area (Å²) in [5, 5.41) is 12.9. The van der Waals surface area contributed by atoms with Crippen molar-refractivity contribution in [1.29, 1.82) is 0 Å². The monoisotopic (exact) mass is 417 g/mol. The van der Waals surface area contributed by atoms with Crippen LogP contribution < -0.4 is 10.6 Å². The second kappa shape index (κ2) is 7.31. The summed E-state index contributed by atoms with van der Waals surface area (Å²) in [7, 11) is 0. The van der Waals surface area contributed by atoms with Gasteiger partial charge in [0.25, 0.3) is 5.91 Å². The number of hydrogen-bond acceptors (Lipinski definition) is 6. The minimum absolute atomic E-state index is 0.218. The van der Waals surface area contributed by atoms with Crippen molar-refractivity contribution in [3.05, 3.63) is 82.8 Å². The van der Waals surface area contributed by atoms with E-state index in [1.165, 1.54) is 0 Å². The molecular formula is C22H19N5O2S. The normalized spacial score (nSPS) is 15.6. The number of hydrogen-bond donors (Lipinski definition) is 2. The number of amides is 1. The lowest BCUT2D eigenvalue weighted by atomic mass is 10.00. The fourth-order valence-electron chi connectivity index (χ4n) is 3.54. The summed E-state index contributed by atoms with van der Waals surface area (Å²) in [5.41, 5.74) is 1.96. The Labute approximate surface area is 177 Å². The summed E-state index contributed by atoms with van der Waals surface area (Å²) in [6.07, 6.45) is 0. The molecule has 1 atom stereocenters. The van der Waals surface area contributed by atoms with Crippen molar-refractivity contribution in [2.24, 2.45) is 0 Å². The third kappa shape index (κ3) is 3.21. The predicted molar refractivity (Wildman–Crippen MR) is 116 cm³/mol. The Bertz CT molecular complexity index is 1240. The maximum absolute atomic E-state index is 13.3.